The summed E-state index contributed by atoms with van der Waals surface area (Å²) in [4.78, 5) is 9.71. The number of rotatable bonds is 4. The molecule has 0 saturated carbocycles. The van der Waals surface area contributed by atoms with Crippen LogP contribution in [0.2, 0.25) is 0 Å². The third kappa shape index (κ3) is 14.6. The fourth-order valence-electron chi connectivity index (χ4n) is 2.68. The Labute approximate surface area is 218 Å². The molecule has 165 valence electrons. The van der Waals surface area contributed by atoms with Crippen LogP contribution in [0.3, 0.4) is 0 Å². The van der Waals surface area contributed by atoms with E-state index >= 15 is 0 Å². The van der Waals surface area contributed by atoms with Gasteiger partial charge in [-0.05, 0) is 6.42 Å². The Kier molecular flexibility index (Phi) is 21.8. The van der Waals surface area contributed by atoms with Gasteiger partial charge in [0.1, 0.15) is 9.52 Å². The Hall–Kier alpha value is -1.10. The number of halogens is 2. The number of nitrogens with one attached hydrogen (secondary N) is 1. The summed E-state index contributed by atoms with van der Waals surface area (Å²) in [6, 6.07) is 21.3. The summed E-state index contributed by atoms with van der Waals surface area (Å²) >= 11 is 0. The van der Waals surface area contributed by atoms with Gasteiger partial charge in [-0.3, -0.25) is 6.08 Å². The Morgan fingerprint density at radius 1 is 0.935 bits per heavy atom. The molecule has 31 heavy (non-hydrogen) atoms. The summed E-state index contributed by atoms with van der Waals surface area (Å²) in [5.41, 5.74) is 10.6. The van der Waals surface area contributed by atoms with Crippen molar-refractivity contribution in [2.24, 2.45) is 5.92 Å². The fraction of sp³-hybridized carbons (Fsp3) is 0.320. The van der Waals surface area contributed by atoms with Gasteiger partial charge in [-0.1, -0.05) is 111 Å². The molecule has 1 atom stereocenters. The van der Waals surface area contributed by atoms with Crippen LogP contribution in [0.1, 0.15) is 47.5 Å². The Morgan fingerprint density at radius 2 is 1.35 bits per heavy atom. The van der Waals surface area contributed by atoms with E-state index in [0.717, 1.165) is 6.42 Å². The molecule has 2 aromatic rings. The van der Waals surface area contributed by atoms with Crippen molar-refractivity contribution < 1.29 is 51.3 Å². The standard InChI is InChI=1S/C12H11Si.C9H13.C4H9NO.2ClH.Ti/c1-3-7-11(8-4-1)13-12-9-5-2-6-10-12;1-6-5-7(2)9(4)8(6)3;1-2-3-4(5)6;;;/h1-10,13H;6H,1-4H3;2-3H2,1H3,(H2,5,6);2*1H;/q;-1;;;;+4/p-3. The van der Waals surface area contributed by atoms with Crippen LogP contribution in [-0.4, -0.2) is 15.4 Å². The molecule has 0 bridgehead atoms. The van der Waals surface area contributed by atoms with E-state index in [1.54, 1.807) is 0 Å². The summed E-state index contributed by atoms with van der Waals surface area (Å²) in [7, 11) is 0.271. The van der Waals surface area contributed by atoms with Crippen molar-refractivity contribution in [1.82, 2.24) is 0 Å². The maximum atomic E-state index is 9.71. The van der Waals surface area contributed by atoms with Gasteiger partial charge in [0, 0.05) is 5.91 Å². The third-order valence-corrected chi connectivity index (χ3v) is 6.08. The molecule has 2 nitrogen and oxygen atoms in total. The average molecular weight is 509 g/mol. The summed E-state index contributed by atoms with van der Waals surface area (Å²) < 4.78 is 0. The number of carbonyl (C=O) groups excluding carboxylic acids is 1. The number of amides is 1. The molecular formula is C25H32Cl2NOSiTi. The van der Waals surface area contributed by atoms with Crippen molar-refractivity contribution in [3.63, 3.8) is 0 Å². The predicted octanol–water partition coefficient (Wildman–Crippen LogP) is -0.833. The van der Waals surface area contributed by atoms with Crippen LogP contribution in [0, 0.1) is 12.0 Å². The van der Waals surface area contributed by atoms with Crippen molar-refractivity contribution in [2.45, 2.75) is 47.5 Å². The number of allylic oxidation sites excluding steroid dienone is 4. The normalized spacial score (nSPS) is 13.6. The second kappa shape index (κ2) is 19.6. The molecular weight excluding hydrogens is 477 g/mol. The molecule has 0 fully saturated rings. The zero-order chi connectivity index (χ0) is 20.9. The van der Waals surface area contributed by atoms with Crippen molar-refractivity contribution >= 4 is 25.8 Å². The first-order chi connectivity index (χ1) is 13.3. The van der Waals surface area contributed by atoms with Crippen LogP contribution < -0.4 is 35.2 Å². The Bertz CT molecular complexity index is 758. The number of hydrogen-bond donors (Lipinski definition) is 0. The van der Waals surface area contributed by atoms with E-state index in [1.807, 2.05) is 6.92 Å². The minimum Gasteiger partial charge on any atom is -1.00 e. The van der Waals surface area contributed by atoms with Gasteiger partial charge in [-0.15, -0.1) is 6.92 Å². The van der Waals surface area contributed by atoms with E-state index in [0.29, 0.717) is 12.3 Å². The van der Waals surface area contributed by atoms with E-state index in [2.05, 4.69) is 94.4 Å². The van der Waals surface area contributed by atoms with E-state index < -0.39 is 5.91 Å². The molecule has 0 saturated heterocycles. The van der Waals surface area contributed by atoms with Crippen LogP contribution in [0.25, 0.3) is 5.73 Å². The van der Waals surface area contributed by atoms with Gasteiger partial charge in [0.25, 0.3) is 0 Å². The largest absolute Gasteiger partial charge is 4.00 e. The number of carbonyl (C=O) groups is 1. The fourth-order valence-corrected chi connectivity index (χ4v) is 3.89. The van der Waals surface area contributed by atoms with Gasteiger partial charge < -0.3 is 35.3 Å². The van der Waals surface area contributed by atoms with Crippen LogP contribution in [0.15, 0.2) is 77.4 Å². The Morgan fingerprint density at radius 3 is 1.55 bits per heavy atom. The molecule has 1 aliphatic carbocycles. The third-order valence-electron chi connectivity index (χ3n) is 4.65. The van der Waals surface area contributed by atoms with Crippen LogP contribution in [0.5, 0.6) is 0 Å². The topological polar surface area (TPSA) is 40.9 Å². The molecule has 1 N–H and O–H groups in total. The van der Waals surface area contributed by atoms with E-state index in [9.17, 15) is 4.79 Å². The maximum Gasteiger partial charge on any atom is 4.00 e. The molecule has 1 unspecified atom stereocenters. The molecule has 0 heterocycles. The number of hydrogen-bond acceptors (Lipinski definition) is 1. The smallest absolute Gasteiger partial charge is 1.00 e. The first-order valence-electron chi connectivity index (χ1n) is 9.82. The predicted molar refractivity (Wildman–Crippen MR) is 124 cm³/mol. The van der Waals surface area contributed by atoms with E-state index in [-0.39, 0.29) is 56.1 Å². The zero-order valence-electron chi connectivity index (χ0n) is 19.0. The second-order valence-corrected chi connectivity index (χ2v) is 8.56. The minimum atomic E-state index is -0.461. The summed E-state index contributed by atoms with van der Waals surface area (Å²) in [6.45, 7) is 10.6. The zero-order valence-corrected chi connectivity index (χ0v) is 23.2. The quantitative estimate of drug-likeness (QED) is 0.392. The molecule has 1 aliphatic rings. The second-order valence-electron chi connectivity index (χ2n) is 6.94. The first kappa shape index (κ1) is 34.5. The van der Waals surface area contributed by atoms with Crippen LogP contribution in [0.4, 0.5) is 0 Å². The van der Waals surface area contributed by atoms with Crippen LogP contribution in [-0.2, 0) is 26.5 Å². The van der Waals surface area contributed by atoms with Gasteiger partial charge >= 0.3 is 21.7 Å². The van der Waals surface area contributed by atoms with Gasteiger partial charge in [-0.2, -0.15) is 11.1 Å². The summed E-state index contributed by atoms with van der Waals surface area (Å²) in [6.07, 6.45) is 4.56. The summed E-state index contributed by atoms with van der Waals surface area (Å²) in [5.74, 6) is 0.0995. The molecule has 2 aromatic carbocycles. The monoisotopic (exact) mass is 508 g/mol. The number of benzene rings is 2. The van der Waals surface area contributed by atoms with Crippen molar-refractivity contribution in [3.05, 3.63) is 89.2 Å². The molecule has 0 aliphatic heterocycles. The SMILES string of the molecule is CC1=[C-]C(C)C(C)=C1C.CCCC([NH-])=O.[Cl-].[Cl-].[Ti+4].c1ccc([SiH]c2ccccc2)cc1. The average Bonchev–Trinajstić information content (AvgIpc) is 2.90. The molecule has 3 rings (SSSR count). The van der Waals surface area contributed by atoms with E-state index in [1.165, 1.54) is 27.1 Å². The first-order valence-corrected chi connectivity index (χ1v) is 11.0. The van der Waals surface area contributed by atoms with Crippen molar-refractivity contribution in [2.75, 3.05) is 0 Å². The van der Waals surface area contributed by atoms with Crippen molar-refractivity contribution in [1.29, 1.82) is 0 Å². The van der Waals surface area contributed by atoms with Gasteiger partial charge in [0.15, 0.2) is 0 Å². The minimum absolute atomic E-state index is 0. The molecule has 6 heteroatoms. The molecule has 1 radical (unpaired) electrons. The van der Waals surface area contributed by atoms with Gasteiger partial charge in [-0.25, -0.2) is 5.57 Å². The molecule has 1 amide bonds. The van der Waals surface area contributed by atoms with Crippen LogP contribution >= 0.6 is 0 Å². The van der Waals surface area contributed by atoms with Gasteiger partial charge in [0.2, 0.25) is 0 Å². The Balaban J connectivity index is -0.000000388. The van der Waals surface area contributed by atoms with Gasteiger partial charge in [0.05, 0.1) is 0 Å². The summed E-state index contributed by atoms with van der Waals surface area (Å²) in [5, 5.41) is 2.90. The van der Waals surface area contributed by atoms with E-state index in [4.69, 9.17) is 5.73 Å². The molecule has 0 aromatic heterocycles. The maximum absolute atomic E-state index is 9.71. The molecule has 0 spiro atoms. The van der Waals surface area contributed by atoms with Crippen molar-refractivity contribution in [3.8, 4) is 0 Å².